The molecule has 1 N–H and O–H groups in total. The molecule has 0 fully saturated rings. The average Bonchev–Trinajstić information content (AvgIpc) is 2.62. The van der Waals surface area contributed by atoms with E-state index in [0.717, 1.165) is 11.1 Å². The first-order chi connectivity index (χ1) is 11.9. The van der Waals surface area contributed by atoms with Crippen LogP contribution in [0.4, 0.5) is 5.82 Å². The highest BCUT2D eigenvalue weighted by molar-refractivity contribution is 6.03. The molecule has 0 aliphatic heterocycles. The molecule has 3 aromatic rings. The van der Waals surface area contributed by atoms with E-state index in [1.807, 2.05) is 6.07 Å². The Balaban J connectivity index is 1.78. The highest BCUT2D eigenvalue weighted by Gasteiger charge is 2.14. The third kappa shape index (κ3) is 4.07. The van der Waals surface area contributed by atoms with Crippen molar-refractivity contribution in [3.05, 3.63) is 72.4 Å². The third-order valence-electron chi connectivity index (χ3n) is 3.89. The van der Waals surface area contributed by atoms with E-state index in [1.165, 1.54) is 24.3 Å². The lowest BCUT2D eigenvalue weighted by molar-refractivity contribution is 0.102. The van der Waals surface area contributed by atoms with Gasteiger partial charge in [-0.3, -0.25) is 4.79 Å². The number of pyridine rings is 1. The lowest BCUT2D eigenvalue weighted by atomic mass is 9.85. The van der Waals surface area contributed by atoms with Crippen LogP contribution in [-0.2, 0) is 5.41 Å². The predicted molar refractivity (Wildman–Crippen MR) is 98.4 cm³/mol. The van der Waals surface area contributed by atoms with Crippen molar-refractivity contribution in [3.63, 3.8) is 0 Å². The summed E-state index contributed by atoms with van der Waals surface area (Å²) in [5, 5.41) is 2.74. The monoisotopic (exact) mass is 332 g/mol. The van der Waals surface area contributed by atoms with E-state index in [4.69, 9.17) is 0 Å². The first-order valence-corrected chi connectivity index (χ1v) is 8.07. The van der Waals surface area contributed by atoms with Crippen LogP contribution in [0.1, 0.15) is 36.7 Å². The Morgan fingerprint density at radius 1 is 0.960 bits per heavy atom. The molecule has 25 heavy (non-hydrogen) atoms. The summed E-state index contributed by atoms with van der Waals surface area (Å²) in [4.78, 5) is 24.1. The van der Waals surface area contributed by atoms with Crippen molar-refractivity contribution < 1.29 is 4.79 Å². The van der Waals surface area contributed by atoms with Gasteiger partial charge in [-0.15, -0.1) is 0 Å². The minimum atomic E-state index is -0.282. The van der Waals surface area contributed by atoms with Gasteiger partial charge in [0.15, 0.2) is 0 Å². The SMILES string of the molecule is CC(C)(C)c1cccc(-c2ccc(NC(=O)c3cncnc3)nc2)c1. The maximum Gasteiger partial charge on any atom is 0.259 e. The number of carbonyl (C=O) groups is 1. The zero-order valence-corrected chi connectivity index (χ0v) is 14.5. The van der Waals surface area contributed by atoms with Crippen LogP contribution in [-0.4, -0.2) is 20.9 Å². The minimum Gasteiger partial charge on any atom is -0.306 e. The van der Waals surface area contributed by atoms with E-state index >= 15 is 0 Å². The molecule has 2 aromatic heterocycles. The summed E-state index contributed by atoms with van der Waals surface area (Å²) in [6, 6.07) is 12.2. The molecule has 2 heterocycles. The second kappa shape index (κ2) is 6.81. The van der Waals surface area contributed by atoms with Crippen molar-refractivity contribution in [2.75, 3.05) is 5.32 Å². The Kier molecular flexibility index (Phi) is 4.57. The van der Waals surface area contributed by atoms with Gasteiger partial charge in [-0.1, -0.05) is 45.0 Å². The van der Waals surface area contributed by atoms with Crippen molar-refractivity contribution in [1.29, 1.82) is 0 Å². The normalized spacial score (nSPS) is 11.2. The molecule has 1 amide bonds. The molecule has 0 radical (unpaired) electrons. The number of amides is 1. The van der Waals surface area contributed by atoms with Gasteiger partial charge in [0.25, 0.3) is 5.91 Å². The summed E-state index contributed by atoms with van der Waals surface area (Å²) in [7, 11) is 0. The van der Waals surface area contributed by atoms with E-state index in [0.29, 0.717) is 11.4 Å². The van der Waals surface area contributed by atoms with Gasteiger partial charge >= 0.3 is 0 Å². The van der Waals surface area contributed by atoms with Crippen LogP contribution in [0.5, 0.6) is 0 Å². The molecule has 0 aliphatic rings. The smallest absolute Gasteiger partial charge is 0.259 e. The van der Waals surface area contributed by atoms with Crippen LogP contribution in [0, 0.1) is 0 Å². The molecule has 0 bridgehead atoms. The van der Waals surface area contributed by atoms with Crippen molar-refractivity contribution >= 4 is 11.7 Å². The molecule has 1 aromatic carbocycles. The molecule has 126 valence electrons. The van der Waals surface area contributed by atoms with E-state index in [2.05, 4.69) is 65.3 Å². The molecule has 0 atom stereocenters. The number of carbonyl (C=O) groups excluding carboxylic acids is 1. The fraction of sp³-hybridized carbons (Fsp3) is 0.200. The molecule has 3 rings (SSSR count). The fourth-order valence-corrected chi connectivity index (χ4v) is 2.41. The highest BCUT2D eigenvalue weighted by atomic mass is 16.1. The van der Waals surface area contributed by atoms with E-state index in [9.17, 15) is 4.79 Å². The summed E-state index contributed by atoms with van der Waals surface area (Å²) in [5.41, 5.74) is 3.87. The molecular formula is C20H20N4O. The Hall–Kier alpha value is -3.08. The summed E-state index contributed by atoms with van der Waals surface area (Å²) in [5.74, 6) is 0.208. The van der Waals surface area contributed by atoms with Crippen LogP contribution in [0.2, 0.25) is 0 Å². The summed E-state index contributed by atoms with van der Waals surface area (Å²) >= 11 is 0. The first kappa shape index (κ1) is 16.8. The second-order valence-corrected chi connectivity index (χ2v) is 6.84. The van der Waals surface area contributed by atoms with Crippen molar-refractivity contribution in [1.82, 2.24) is 15.0 Å². The van der Waals surface area contributed by atoms with Crippen molar-refractivity contribution in [3.8, 4) is 11.1 Å². The van der Waals surface area contributed by atoms with Crippen LogP contribution < -0.4 is 5.32 Å². The number of nitrogens with zero attached hydrogens (tertiary/aromatic N) is 3. The van der Waals surface area contributed by atoms with E-state index in [-0.39, 0.29) is 11.3 Å². The third-order valence-corrected chi connectivity index (χ3v) is 3.89. The second-order valence-electron chi connectivity index (χ2n) is 6.84. The van der Waals surface area contributed by atoms with Gasteiger partial charge in [-0.25, -0.2) is 15.0 Å². The molecule has 5 nitrogen and oxygen atoms in total. The summed E-state index contributed by atoms with van der Waals surface area (Å²) < 4.78 is 0. The van der Waals surface area contributed by atoms with Gasteiger partial charge < -0.3 is 5.32 Å². The maximum atomic E-state index is 12.1. The number of hydrogen-bond donors (Lipinski definition) is 1. The summed E-state index contributed by atoms with van der Waals surface area (Å²) in [6.07, 6.45) is 6.08. The average molecular weight is 332 g/mol. The molecule has 0 spiro atoms. The summed E-state index contributed by atoms with van der Waals surface area (Å²) in [6.45, 7) is 6.57. The molecule has 0 saturated heterocycles. The number of hydrogen-bond acceptors (Lipinski definition) is 4. The van der Waals surface area contributed by atoms with E-state index in [1.54, 1.807) is 12.3 Å². The Morgan fingerprint density at radius 2 is 1.72 bits per heavy atom. The Bertz CT molecular complexity index is 868. The topological polar surface area (TPSA) is 67.8 Å². The lowest BCUT2D eigenvalue weighted by Crippen LogP contribution is -2.13. The van der Waals surface area contributed by atoms with Gasteiger partial charge in [0.05, 0.1) is 5.56 Å². The molecular weight excluding hydrogens is 312 g/mol. The van der Waals surface area contributed by atoms with Gasteiger partial charge in [-0.2, -0.15) is 0 Å². The van der Waals surface area contributed by atoms with Crippen LogP contribution >= 0.6 is 0 Å². The molecule has 0 saturated carbocycles. The number of nitrogens with one attached hydrogen (secondary N) is 1. The highest BCUT2D eigenvalue weighted by Crippen LogP contribution is 2.27. The number of aromatic nitrogens is 3. The maximum absolute atomic E-state index is 12.1. The number of anilines is 1. The standard InChI is InChI=1S/C20H20N4O/c1-20(2,3)17-6-4-5-14(9-17)15-7-8-18(23-12-15)24-19(25)16-10-21-13-22-11-16/h4-13H,1-3H3,(H,23,24,25). The molecule has 0 unspecified atom stereocenters. The van der Waals surface area contributed by atoms with Crippen LogP contribution in [0.15, 0.2) is 61.3 Å². The zero-order valence-electron chi connectivity index (χ0n) is 14.5. The fourth-order valence-electron chi connectivity index (χ4n) is 2.41. The zero-order chi connectivity index (χ0) is 17.9. The van der Waals surface area contributed by atoms with Crippen LogP contribution in [0.3, 0.4) is 0 Å². The van der Waals surface area contributed by atoms with Gasteiger partial charge in [0, 0.05) is 24.2 Å². The van der Waals surface area contributed by atoms with E-state index < -0.39 is 0 Å². The van der Waals surface area contributed by atoms with Gasteiger partial charge in [-0.05, 0) is 28.7 Å². The molecule has 0 aliphatic carbocycles. The largest absolute Gasteiger partial charge is 0.306 e. The quantitative estimate of drug-likeness (QED) is 0.784. The Labute approximate surface area is 147 Å². The van der Waals surface area contributed by atoms with Gasteiger partial charge in [0.1, 0.15) is 12.1 Å². The lowest BCUT2D eigenvalue weighted by Gasteiger charge is -2.19. The van der Waals surface area contributed by atoms with Crippen LogP contribution in [0.25, 0.3) is 11.1 Å². The van der Waals surface area contributed by atoms with Crippen molar-refractivity contribution in [2.45, 2.75) is 26.2 Å². The minimum absolute atomic E-state index is 0.0924. The number of rotatable bonds is 3. The predicted octanol–water partition coefficient (Wildman–Crippen LogP) is 4.09. The van der Waals surface area contributed by atoms with Crippen molar-refractivity contribution in [2.24, 2.45) is 0 Å². The molecule has 5 heteroatoms. The first-order valence-electron chi connectivity index (χ1n) is 8.07. The Morgan fingerprint density at radius 3 is 2.36 bits per heavy atom. The number of benzene rings is 1. The van der Waals surface area contributed by atoms with Gasteiger partial charge in [0.2, 0.25) is 0 Å².